The summed E-state index contributed by atoms with van der Waals surface area (Å²) in [7, 11) is 0. The first-order valence-electron chi connectivity index (χ1n) is 9.17. The Morgan fingerprint density at radius 1 is 1.13 bits per heavy atom. The van der Waals surface area contributed by atoms with Crippen molar-refractivity contribution < 1.29 is 19.0 Å². The smallest absolute Gasteiger partial charge is 0.317 e. The summed E-state index contributed by atoms with van der Waals surface area (Å²) in [6.45, 7) is 2.01. The minimum atomic E-state index is -0.144. The van der Waals surface area contributed by atoms with E-state index >= 15 is 0 Å². The topological polar surface area (TPSA) is 95.5 Å². The van der Waals surface area contributed by atoms with Gasteiger partial charge in [-0.25, -0.2) is 9.97 Å². The number of benzene rings is 2. The third-order valence-electron chi connectivity index (χ3n) is 4.41. The fourth-order valence-electron chi connectivity index (χ4n) is 3.04. The first-order chi connectivity index (χ1) is 14.6. The molecule has 150 valence electrons. The van der Waals surface area contributed by atoms with Crippen LogP contribution in [0.1, 0.15) is 12.5 Å². The quantitative estimate of drug-likeness (QED) is 0.521. The fourth-order valence-corrected chi connectivity index (χ4v) is 3.99. The van der Waals surface area contributed by atoms with Gasteiger partial charge in [0, 0.05) is 18.7 Å². The molecule has 1 aliphatic heterocycles. The van der Waals surface area contributed by atoms with E-state index in [2.05, 4.69) is 20.3 Å². The maximum absolute atomic E-state index is 11.2. The van der Waals surface area contributed by atoms with Crippen molar-refractivity contribution in [1.82, 2.24) is 15.0 Å². The highest BCUT2D eigenvalue weighted by Crippen LogP contribution is 2.33. The minimum Gasteiger partial charge on any atom is -0.459 e. The summed E-state index contributed by atoms with van der Waals surface area (Å²) in [5, 5.41) is 3.29. The molecule has 1 aliphatic rings. The van der Waals surface area contributed by atoms with Gasteiger partial charge in [0.25, 0.3) is 0 Å². The number of hydrogen-bond donors (Lipinski definition) is 1. The highest BCUT2D eigenvalue weighted by atomic mass is 32.1. The molecule has 2 aromatic heterocycles. The standard InChI is InChI=1S/C21H16N4O4S/c1-12(26)23-21-25-16-4-3-14(9-19(16)30-21)15-6-7-22-20(24-15)27-10-13-2-5-17-18(8-13)29-11-28-17/h2-9H,10-11H2,1H3,(H,23,25,26). The van der Waals surface area contributed by atoms with Crippen LogP contribution < -0.4 is 19.5 Å². The van der Waals surface area contributed by atoms with Gasteiger partial charge < -0.3 is 19.5 Å². The third-order valence-corrected chi connectivity index (χ3v) is 5.34. The Balaban J connectivity index is 1.34. The van der Waals surface area contributed by atoms with E-state index in [4.69, 9.17) is 14.2 Å². The predicted octanol–water partition coefficient (Wildman–Crippen LogP) is 4.02. The lowest BCUT2D eigenvalue weighted by Crippen LogP contribution is -2.04. The molecular weight excluding hydrogens is 404 g/mol. The molecule has 9 heteroatoms. The lowest BCUT2D eigenvalue weighted by atomic mass is 10.1. The van der Waals surface area contributed by atoms with Crippen molar-refractivity contribution in [3.05, 3.63) is 54.2 Å². The Morgan fingerprint density at radius 2 is 2.03 bits per heavy atom. The Labute approximate surface area is 175 Å². The molecule has 4 aromatic rings. The molecule has 0 bridgehead atoms. The molecule has 30 heavy (non-hydrogen) atoms. The summed E-state index contributed by atoms with van der Waals surface area (Å²) in [6.07, 6.45) is 1.66. The number of carbonyl (C=O) groups is 1. The number of thiazole rings is 1. The average molecular weight is 420 g/mol. The number of aromatic nitrogens is 3. The third kappa shape index (κ3) is 3.74. The van der Waals surface area contributed by atoms with Gasteiger partial charge in [0.05, 0.1) is 15.9 Å². The van der Waals surface area contributed by atoms with Crippen molar-refractivity contribution in [2.45, 2.75) is 13.5 Å². The summed E-state index contributed by atoms with van der Waals surface area (Å²) >= 11 is 1.42. The van der Waals surface area contributed by atoms with Crippen LogP contribution in [0.5, 0.6) is 17.5 Å². The average Bonchev–Trinajstić information content (AvgIpc) is 3.37. The number of nitrogens with one attached hydrogen (secondary N) is 1. The molecule has 0 radical (unpaired) electrons. The van der Waals surface area contributed by atoms with Crippen molar-refractivity contribution in [3.63, 3.8) is 0 Å². The van der Waals surface area contributed by atoms with Gasteiger partial charge >= 0.3 is 6.01 Å². The van der Waals surface area contributed by atoms with E-state index < -0.39 is 0 Å². The van der Waals surface area contributed by atoms with Crippen LogP contribution in [-0.2, 0) is 11.4 Å². The number of ether oxygens (including phenoxy) is 3. The van der Waals surface area contributed by atoms with Crippen LogP contribution in [0.15, 0.2) is 48.7 Å². The molecule has 0 spiro atoms. The van der Waals surface area contributed by atoms with Crippen LogP contribution in [0.2, 0.25) is 0 Å². The Kier molecular flexibility index (Phi) is 4.64. The van der Waals surface area contributed by atoms with Crippen LogP contribution in [0.4, 0.5) is 5.13 Å². The summed E-state index contributed by atoms with van der Waals surface area (Å²) in [5.74, 6) is 1.30. The molecule has 8 nitrogen and oxygen atoms in total. The van der Waals surface area contributed by atoms with E-state index in [-0.39, 0.29) is 18.7 Å². The minimum absolute atomic E-state index is 0.144. The highest BCUT2D eigenvalue weighted by molar-refractivity contribution is 7.22. The second-order valence-electron chi connectivity index (χ2n) is 6.58. The van der Waals surface area contributed by atoms with Crippen molar-refractivity contribution in [3.8, 4) is 28.8 Å². The number of carbonyl (C=O) groups excluding carboxylic acids is 1. The summed E-state index contributed by atoms with van der Waals surface area (Å²) < 4.78 is 17.4. The molecular formula is C21H16N4O4S. The van der Waals surface area contributed by atoms with E-state index in [9.17, 15) is 4.79 Å². The monoisotopic (exact) mass is 420 g/mol. The Hall–Kier alpha value is -3.72. The van der Waals surface area contributed by atoms with Gasteiger partial charge in [-0.05, 0) is 35.9 Å². The molecule has 1 N–H and O–H groups in total. The zero-order chi connectivity index (χ0) is 20.5. The predicted molar refractivity (Wildman–Crippen MR) is 112 cm³/mol. The van der Waals surface area contributed by atoms with Crippen molar-refractivity contribution in [2.75, 3.05) is 12.1 Å². The lowest BCUT2D eigenvalue weighted by Gasteiger charge is -2.07. The van der Waals surface area contributed by atoms with Gasteiger partial charge in [0.1, 0.15) is 6.61 Å². The van der Waals surface area contributed by atoms with Crippen LogP contribution in [0.25, 0.3) is 21.5 Å². The van der Waals surface area contributed by atoms with Gasteiger partial charge in [-0.2, -0.15) is 4.98 Å². The van der Waals surface area contributed by atoms with Crippen LogP contribution in [0.3, 0.4) is 0 Å². The number of amides is 1. The molecule has 2 aromatic carbocycles. The number of nitrogens with zero attached hydrogens (tertiary/aromatic N) is 3. The SMILES string of the molecule is CC(=O)Nc1nc2ccc(-c3ccnc(OCc4ccc5c(c4)OCO5)n3)cc2s1. The largest absolute Gasteiger partial charge is 0.459 e. The number of hydrogen-bond acceptors (Lipinski definition) is 8. The Morgan fingerprint density at radius 3 is 2.93 bits per heavy atom. The summed E-state index contributed by atoms with van der Waals surface area (Å²) in [4.78, 5) is 24.4. The normalized spacial score (nSPS) is 12.2. The molecule has 5 rings (SSSR count). The van der Waals surface area contributed by atoms with Gasteiger partial charge in [-0.3, -0.25) is 4.79 Å². The zero-order valence-electron chi connectivity index (χ0n) is 15.9. The fraction of sp³-hybridized carbons (Fsp3) is 0.143. The molecule has 0 unspecified atom stereocenters. The van der Waals surface area contributed by atoms with Crippen molar-refractivity contribution in [2.24, 2.45) is 0 Å². The van der Waals surface area contributed by atoms with Gasteiger partial charge in [-0.1, -0.05) is 23.5 Å². The van der Waals surface area contributed by atoms with Gasteiger partial charge in [0.2, 0.25) is 12.7 Å². The Bertz CT molecular complexity index is 1260. The number of fused-ring (bicyclic) bond motifs is 2. The lowest BCUT2D eigenvalue weighted by molar-refractivity contribution is -0.114. The van der Waals surface area contributed by atoms with Crippen molar-refractivity contribution >= 4 is 32.6 Å². The van der Waals surface area contributed by atoms with E-state index in [1.165, 1.54) is 18.3 Å². The molecule has 0 atom stereocenters. The zero-order valence-corrected chi connectivity index (χ0v) is 16.7. The van der Waals surface area contributed by atoms with E-state index in [0.29, 0.717) is 17.5 Å². The molecule has 3 heterocycles. The first kappa shape index (κ1) is 18.3. The molecule has 0 aliphatic carbocycles. The number of anilines is 1. The maximum atomic E-state index is 11.2. The van der Waals surface area contributed by atoms with Crippen LogP contribution >= 0.6 is 11.3 Å². The summed E-state index contributed by atoms with van der Waals surface area (Å²) in [5.41, 5.74) is 3.41. The van der Waals surface area contributed by atoms with Gasteiger partial charge in [-0.15, -0.1) is 0 Å². The van der Waals surface area contributed by atoms with Crippen LogP contribution in [-0.4, -0.2) is 27.7 Å². The molecule has 0 saturated carbocycles. The first-order valence-corrected chi connectivity index (χ1v) is 9.99. The van der Waals surface area contributed by atoms with E-state index in [1.807, 2.05) is 42.5 Å². The van der Waals surface area contributed by atoms with E-state index in [0.717, 1.165) is 32.8 Å². The van der Waals surface area contributed by atoms with Crippen molar-refractivity contribution in [1.29, 1.82) is 0 Å². The molecule has 0 fully saturated rings. The highest BCUT2D eigenvalue weighted by Gasteiger charge is 2.14. The second kappa shape index (κ2) is 7.60. The molecule has 0 saturated heterocycles. The second-order valence-corrected chi connectivity index (χ2v) is 7.61. The van der Waals surface area contributed by atoms with Gasteiger partial charge in [0.15, 0.2) is 16.6 Å². The number of rotatable bonds is 5. The maximum Gasteiger partial charge on any atom is 0.317 e. The van der Waals surface area contributed by atoms with Crippen LogP contribution in [0, 0.1) is 0 Å². The van der Waals surface area contributed by atoms with E-state index in [1.54, 1.807) is 6.20 Å². The molecule has 1 amide bonds. The summed E-state index contributed by atoms with van der Waals surface area (Å²) in [6, 6.07) is 13.6.